The lowest BCUT2D eigenvalue weighted by Crippen LogP contribution is -2.27. The molecule has 1 aliphatic carbocycles. The number of carbonyl (C=O) groups excluding carboxylic acids is 1. The van der Waals surface area contributed by atoms with E-state index in [9.17, 15) is 9.18 Å². The van der Waals surface area contributed by atoms with Gasteiger partial charge in [0.2, 0.25) is 5.76 Å². The van der Waals surface area contributed by atoms with E-state index in [0.29, 0.717) is 17.2 Å². The molecule has 31 heavy (non-hydrogen) atoms. The highest BCUT2D eigenvalue weighted by atomic mass is 19.1. The van der Waals surface area contributed by atoms with Gasteiger partial charge in [-0.1, -0.05) is 6.08 Å². The van der Waals surface area contributed by atoms with Gasteiger partial charge in [0.05, 0.1) is 11.3 Å². The first-order valence-electron chi connectivity index (χ1n) is 10.1. The van der Waals surface area contributed by atoms with Crippen molar-refractivity contribution < 1.29 is 13.9 Å². The van der Waals surface area contributed by atoms with Gasteiger partial charge >= 0.3 is 0 Å². The van der Waals surface area contributed by atoms with Gasteiger partial charge in [-0.05, 0) is 56.9 Å². The summed E-state index contributed by atoms with van der Waals surface area (Å²) in [5, 5.41) is 4.46. The van der Waals surface area contributed by atoms with E-state index in [1.165, 1.54) is 11.6 Å². The number of allylic oxidation sites excluding steroid dienone is 3. The highest BCUT2D eigenvalue weighted by molar-refractivity contribution is 5.92. The molecule has 3 aromatic rings. The topological polar surface area (TPSA) is 98.6 Å². The summed E-state index contributed by atoms with van der Waals surface area (Å²) >= 11 is 0. The van der Waals surface area contributed by atoms with E-state index < -0.39 is 18.0 Å². The summed E-state index contributed by atoms with van der Waals surface area (Å²) in [5.41, 5.74) is 9.08. The second kappa shape index (κ2) is 7.19. The number of ether oxygens (including phenoxy) is 1. The molecule has 0 radical (unpaired) electrons. The fraction of sp³-hybridized carbons (Fsp3) is 0.273. The summed E-state index contributed by atoms with van der Waals surface area (Å²) in [7, 11) is 0. The van der Waals surface area contributed by atoms with Gasteiger partial charge in [-0.25, -0.2) is 13.9 Å². The molecule has 5 rings (SSSR count). The van der Waals surface area contributed by atoms with Gasteiger partial charge in [-0.3, -0.25) is 4.79 Å². The van der Waals surface area contributed by atoms with Crippen LogP contribution in [0, 0.1) is 5.82 Å². The fourth-order valence-electron chi connectivity index (χ4n) is 4.16. The Morgan fingerprint density at radius 1 is 1.35 bits per heavy atom. The maximum absolute atomic E-state index is 14.7. The number of primary amides is 1. The van der Waals surface area contributed by atoms with Gasteiger partial charge in [-0.15, -0.1) is 5.10 Å². The predicted molar refractivity (Wildman–Crippen MR) is 113 cm³/mol. The summed E-state index contributed by atoms with van der Waals surface area (Å²) in [5.74, 6) is -0.374. The van der Waals surface area contributed by atoms with Crippen LogP contribution in [0.2, 0.25) is 0 Å². The van der Waals surface area contributed by atoms with Crippen LogP contribution >= 0.6 is 0 Å². The van der Waals surface area contributed by atoms with Gasteiger partial charge in [0.1, 0.15) is 5.82 Å². The summed E-state index contributed by atoms with van der Waals surface area (Å²) in [6.45, 7) is 3.52. The molecule has 2 aromatic heterocycles. The van der Waals surface area contributed by atoms with Crippen molar-refractivity contribution in [1.29, 1.82) is 0 Å². The van der Waals surface area contributed by atoms with Gasteiger partial charge in [-0.2, -0.15) is 4.98 Å². The molecular formula is C22H21FN6O2. The minimum absolute atomic E-state index is 0.0992. The zero-order chi connectivity index (χ0) is 21.7. The fourth-order valence-corrected chi connectivity index (χ4v) is 4.16. The monoisotopic (exact) mass is 420 g/mol. The lowest BCUT2D eigenvalue weighted by molar-refractivity contribution is -0.118. The van der Waals surface area contributed by atoms with Crippen LogP contribution in [0.3, 0.4) is 0 Å². The first-order valence-corrected chi connectivity index (χ1v) is 10.1. The van der Waals surface area contributed by atoms with Crippen molar-refractivity contribution in [3.05, 3.63) is 59.5 Å². The smallest absolute Gasteiger partial charge is 0.285 e. The quantitative estimate of drug-likeness (QED) is 0.695. The second-order valence-corrected chi connectivity index (χ2v) is 7.67. The molecule has 0 spiro atoms. The van der Waals surface area contributed by atoms with Crippen molar-refractivity contribution in [3.8, 4) is 11.4 Å². The minimum atomic E-state index is -0.643. The normalized spacial score (nSPS) is 18.6. The predicted octanol–water partition coefficient (Wildman–Crippen LogP) is 3.40. The Balaban J connectivity index is 1.55. The molecule has 0 bridgehead atoms. The van der Waals surface area contributed by atoms with Crippen LogP contribution in [0.4, 0.5) is 10.1 Å². The summed E-state index contributed by atoms with van der Waals surface area (Å²) < 4.78 is 21.9. The van der Waals surface area contributed by atoms with Crippen molar-refractivity contribution in [3.63, 3.8) is 0 Å². The molecule has 8 nitrogen and oxygen atoms in total. The van der Waals surface area contributed by atoms with E-state index in [-0.39, 0.29) is 17.1 Å². The number of nitrogens with zero attached hydrogens (tertiary/aromatic N) is 5. The molecule has 9 heteroatoms. The average Bonchev–Trinajstić information content (AvgIpc) is 3.47. The Morgan fingerprint density at radius 2 is 2.19 bits per heavy atom. The number of rotatable bonds is 4. The zero-order valence-electron chi connectivity index (χ0n) is 17.2. The molecule has 1 unspecified atom stereocenters. The summed E-state index contributed by atoms with van der Waals surface area (Å²) in [6, 6.07) is 4.60. The van der Waals surface area contributed by atoms with Crippen molar-refractivity contribution in [2.24, 2.45) is 5.73 Å². The molecule has 1 amide bonds. The van der Waals surface area contributed by atoms with Crippen LogP contribution in [0.25, 0.3) is 22.7 Å². The molecule has 3 heterocycles. The van der Waals surface area contributed by atoms with E-state index in [1.54, 1.807) is 41.6 Å². The molecule has 0 saturated heterocycles. The van der Waals surface area contributed by atoms with Crippen LogP contribution < -0.4 is 10.6 Å². The molecular weight excluding hydrogens is 399 g/mol. The highest BCUT2D eigenvalue weighted by Crippen LogP contribution is 2.34. The Kier molecular flexibility index (Phi) is 4.46. The number of halogens is 1. The molecule has 2 N–H and O–H groups in total. The van der Waals surface area contributed by atoms with Crippen LogP contribution in [0.5, 0.6) is 0 Å². The van der Waals surface area contributed by atoms with Crippen LogP contribution in [0.1, 0.15) is 38.7 Å². The third kappa shape index (κ3) is 3.22. The first-order chi connectivity index (χ1) is 14.9. The number of aromatic nitrogens is 4. The number of fused-ring (bicyclic) bond motifs is 1. The van der Waals surface area contributed by atoms with E-state index >= 15 is 0 Å². The summed E-state index contributed by atoms with van der Waals surface area (Å²) in [6.07, 6.45) is 8.62. The average molecular weight is 420 g/mol. The van der Waals surface area contributed by atoms with E-state index in [2.05, 4.69) is 21.1 Å². The number of hydrogen-bond acceptors (Lipinski definition) is 6. The largest absolute Gasteiger partial charge is 0.463 e. The SMILES string of the molecule is CC1=C(C(N)=O)OC(C)N1c1ccc(F)c(-c2nc3ncc(C4=CCCC4)cn3n2)c1. The number of nitrogens with two attached hydrogens (primary N) is 1. The minimum Gasteiger partial charge on any atom is -0.463 e. The number of amides is 1. The Bertz CT molecular complexity index is 1280. The number of anilines is 1. The summed E-state index contributed by atoms with van der Waals surface area (Å²) in [4.78, 5) is 22.2. The maximum atomic E-state index is 14.7. The Hall–Kier alpha value is -3.75. The lowest BCUT2D eigenvalue weighted by Gasteiger charge is -2.24. The van der Waals surface area contributed by atoms with Crippen molar-refractivity contribution in [2.75, 3.05) is 4.90 Å². The van der Waals surface area contributed by atoms with E-state index in [0.717, 1.165) is 24.8 Å². The van der Waals surface area contributed by atoms with Gasteiger partial charge in [0.15, 0.2) is 12.1 Å². The third-order valence-electron chi connectivity index (χ3n) is 5.64. The molecule has 1 aliphatic heterocycles. The number of benzene rings is 1. The standard InChI is InChI=1S/C22H21FN6O2/c1-12-19(20(24)30)31-13(2)29(12)16-7-8-18(23)17(9-16)21-26-22-25-10-15(11-28(22)27-21)14-5-3-4-6-14/h5,7-11,13H,3-4,6H2,1-2H3,(H2,24,30). The second-order valence-electron chi connectivity index (χ2n) is 7.67. The van der Waals surface area contributed by atoms with Crippen molar-refractivity contribution in [2.45, 2.75) is 39.3 Å². The molecule has 0 saturated carbocycles. The van der Waals surface area contributed by atoms with E-state index in [1.807, 2.05) is 6.20 Å². The maximum Gasteiger partial charge on any atom is 0.285 e. The van der Waals surface area contributed by atoms with Crippen molar-refractivity contribution in [1.82, 2.24) is 19.6 Å². The zero-order valence-corrected chi connectivity index (χ0v) is 17.2. The van der Waals surface area contributed by atoms with Crippen LogP contribution in [-0.2, 0) is 9.53 Å². The van der Waals surface area contributed by atoms with Gasteiger partial charge < -0.3 is 15.4 Å². The molecule has 158 valence electrons. The molecule has 1 atom stereocenters. The van der Waals surface area contributed by atoms with Crippen LogP contribution in [0.15, 0.2) is 48.1 Å². The third-order valence-corrected chi connectivity index (χ3v) is 5.64. The lowest BCUT2D eigenvalue weighted by atomic mass is 10.1. The first kappa shape index (κ1) is 19.2. The highest BCUT2D eigenvalue weighted by Gasteiger charge is 2.32. The molecule has 1 aromatic carbocycles. The van der Waals surface area contributed by atoms with Crippen LogP contribution in [-0.4, -0.2) is 31.7 Å². The van der Waals surface area contributed by atoms with Gasteiger partial charge in [0.25, 0.3) is 11.7 Å². The van der Waals surface area contributed by atoms with Gasteiger partial charge in [0, 0.05) is 23.6 Å². The number of hydrogen-bond donors (Lipinski definition) is 1. The number of carbonyl (C=O) groups is 1. The molecule has 2 aliphatic rings. The Morgan fingerprint density at radius 3 is 2.90 bits per heavy atom. The van der Waals surface area contributed by atoms with E-state index in [4.69, 9.17) is 10.5 Å². The Labute approximate surface area is 177 Å². The van der Waals surface area contributed by atoms with Crippen molar-refractivity contribution >= 4 is 22.9 Å². The molecule has 0 fully saturated rings.